The second-order valence-corrected chi connectivity index (χ2v) is 10.8. The maximum absolute atomic E-state index is 12.7. The fourth-order valence-electron chi connectivity index (χ4n) is 3.71. The standard InChI is InChI=1S/C27H23ClN6OS2/c1-16-7-9-21(11-18(16)3)30-26(35)22-14-36-24(31-22)15-37-27-33-32-25(19-5-4-10-29-13-19)34(27)23-12-20(28)8-6-17(23)2/h4-14H,15H2,1-3H3,(H,30,35). The molecule has 3 heterocycles. The number of pyridine rings is 1. The van der Waals surface area contributed by atoms with Crippen molar-refractivity contribution in [3.8, 4) is 17.1 Å². The van der Waals surface area contributed by atoms with E-state index in [9.17, 15) is 4.79 Å². The summed E-state index contributed by atoms with van der Waals surface area (Å²) in [5.41, 5.74) is 6.23. The maximum atomic E-state index is 12.7. The van der Waals surface area contributed by atoms with Crippen LogP contribution in [-0.2, 0) is 5.75 Å². The molecule has 2 aromatic carbocycles. The SMILES string of the molecule is Cc1ccc(NC(=O)c2csc(CSc3nnc(-c4cccnc4)n3-c3cc(Cl)ccc3C)n2)cc1C. The van der Waals surface area contributed by atoms with Gasteiger partial charge in [0.25, 0.3) is 5.91 Å². The van der Waals surface area contributed by atoms with E-state index < -0.39 is 0 Å². The van der Waals surface area contributed by atoms with Crippen molar-refractivity contribution in [3.63, 3.8) is 0 Å². The highest BCUT2D eigenvalue weighted by Crippen LogP contribution is 2.32. The highest BCUT2D eigenvalue weighted by molar-refractivity contribution is 7.98. The van der Waals surface area contributed by atoms with Crippen LogP contribution in [0.4, 0.5) is 5.69 Å². The van der Waals surface area contributed by atoms with Crippen molar-refractivity contribution in [2.24, 2.45) is 0 Å². The smallest absolute Gasteiger partial charge is 0.275 e. The summed E-state index contributed by atoms with van der Waals surface area (Å²) in [4.78, 5) is 21.5. The lowest BCUT2D eigenvalue weighted by atomic mass is 10.1. The van der Waals surface area contributed by atoms with Crippen LogP contribution in [0, 0.1) is 20.8 Å². The predicted molar refractivity (Wildman–Crippen MR) is 150 cm³/mol. The van der Waals surface area contributed by atoms with Gasteiger partial charge in [-0.3, -0.25) is 14.3 Å². The summed E-state index contributed by atoms with van der Waals surface area (Å²) in [5.74, 6) is 0.979. The van der Waals surface area contributed by atoms with Crippen LogP contribution in [0.1, 0.15) is 32.2 Å². The zero-order valence-electron chi connectivity index (χ0n) is 20.4. The molecule has 0 unspecified atom stereocenters. The largest absolute Gasteiger partial charge is 0.321 e. The van der Waals surface area contributed by atoms with Crippen LogP contribution in [0.25, 0.3) is 17.1 Å². The van der Waals surface area contributed by atoms with E-state index in [1.807, 2.05) is 73.9 Å². The number of thioether (sulfide) groups is 1. The third-order valence-electron chi connectivity index (χ3n) is 5.84. The number of nitrogens with one attached hydrogen (secondary N) is 1. The van der Waals surface area contributed by atoms with Gasteiger partial charge in [-0.2, -0.15) is 0 Å². The highest BCUT2D eigenvalue weighted by Gasteiger charge is 2.19. The summed E-state index contributed by atoms with van der Waals surface area (Å²) in [7, 11) is 0. The van der Waals surface area contributed by atoms with E-state index in [4.69, 9.17) is 11.6 Å². The molecule has 1 N–H and O–H groups in total. The van der Waals surface area contributed by atoms with Gasteiger partial charge in [0, 0.05) is 34.0 Å². The molecule has 186 valence electrons. The zero-order valence-corrected chi connectivity index (χ0v) is 22.8. The number of amides is 1. The van der Waals surface area contributed by atoms with Gasteiger partial charge < -0.3 is 5.32 Å². The summed E-state index contributed by atoms with van der Waals surface area (Å²) < 4.78 is 1.99. The Kier molecular flexibility index (Phi) is 7.36. The van der Waals surface area contributed by atoms with Crippen molar-refractivity contribution in [1.82, 2.24) is 24.7 Å². The van der Waals surface area contributed by atoms with E-state index in [2.05, 4.69) is 25.5 Å². The number of halogens is 1. The van der Waals surface area contributed by atoms with Gasteiger partial charge in [0.1, 0.15) is 10.7 Å². The van der Waals surface area contributed by atoms with Crippen molar-refractivity contribution in [2.75, 3.05) is 5.32 Å². The lowest BCUT2D eigenvalue weighted by Crippen LogP contribution is -2.12. The molecule has 0 atom stereocenters. The second-order valence-electron chi connectivity index (χ2n) is 8.48. The van der Waals surface area contributed by atoms with Gasteiger partial charge in [-0.15, -0.1) is 21.5 Å². The van der Waals surface area contributed by atoms with Gasteiger partial charge in [-0.05, 0) is 73.9 Å². The first kappa shape index (κ1) is 25.1. The van der Waals surface area contributed by atoms with Crippen LogP contribution in [-0.4, -0.2) is 30.6 Å². The molecule has 0 saturated carbocycles. The summed E-state index contributed by atoms with van der Waals surface area (Å²) in [6, 6.07) is 15.4. The Morgan fingerprint density at radius 1 is 1.05 bits per heavy atom. The minimum atomic E-state index is -0.229. The molecule has 3 aromatic heterocycles. The Labute approximate surface area is 228 Å². The highest BCUT2D eigenvalue weighted by atomic mass is 35.5. The third-order valence-corrected chi connectivity index (χ3v) is 8.05. The molecular formula is C27H23ClN6OS2. The van der Waals surface area contributed by atoms with Crippen LogP contribution in [0.15, 0.2) is 71.5 Å². The van der Waals surface area contributed by atoms with E-state index in [-0.39, 0.29) is 5.91 Å². The monoisotopic (exact) mass is 546 g/mol. The van der Waals surface area contributed by atoms with Crippen molar-refractivity contribution >= 4 is 46.3 Å². The number of rotatable bonds is 7. The molecule has 0 saturated heterocycles. The Morgan fingerprint density at radius 2 is 1.89 bits per heavy atom. The summed E-state index contributed by atoms with van der Waals surface area (Å²) in [6.45, 7) is 6.08. The van der Waals surface area contributed by atoms with Gasteiger partial charge in [-0.1, -0.05) is 35.5 Å². The molecule has 0 fully saturated rings. The number of hydrogen-bond acceptors (Lipinski definition) is 7. The molecule has 37 heavy (non-hydrogen) atoms. The minimum Gasteiger partial charge on any atom is -0.321 e. The first-order valence-corrected chi connectivity index (χ1v) is 13.7. The van der Waals surface area contributed by atoms with Crippen LogP contribution in [0.2, 0.25) is 5.02 Å². The lowest BCUT2D eigenvalue weighted by molar-refractivity contribution is 0.102. The quantitative estimate of drug-likeness (QED) is 0.223. The van der Waals surface area contributed by atoms with Gasteiger partial charge in [0.15, 0.2) is 11.0 Å². The number of hydrogen-bond donors (Lipinski definition) is 1. The number of aryl methyl sites for hydroxylation is 3. The molecule has 0 aliphatic heterocycles. The van der Waals surface area contributed by atoms with E-state index in [1.54, 1.807) is 17.8 Å². The lowest BCUT2D eigenvalue weighted by Gasteiger charge is -2.13. The van der Waals surface area contributed by atoms with Crippen LogP contribution >= 0.6 is 34.7 Å². The average molecular weight is 547 g/mol. The summed E-state index contributed by atoms with van der Waals surface area (Å²) in [6.07, 6.45) is 3.48. The molecular weight excluding hydrogens is 524 g/mol. The zero-order chi connectivity index (χ0) is 25.9. The molecule has 5 aromatic rings. The fourth-order valence-corrected chi connectivity index (χ4v) is 5.61. The Hall–Kier alpha value is -3.53. The number of aromatic nitrogens is 5. The second kappa shape index (κ2) is 10.8. The summed E-state index contributed by atoms with van der Waals surface area (Å²) >= 11 is 9.29. The van der Waals surface area contributed by atoms with Crippen molar-refractivity contribution in [2.45, 2.75) is 31.7 Å². The first-order valence-electron chi connectivity index (χ1n) is 11.5. The molecule has 7 nitrogen and oxygen atoms in total. The van der Waals surface area contributed by atoms with Gasteiger partial charge in [-0.25, -0.2) is 4.98 Å². The molecule has 0 bridgehead atoms. The molecule has 10 heteroatoms. The van der Waals surface area contributed by atoms with Gasteiger partial charge in [0.2, 0.25) is 0 Å². The van der Waals surface area contributed by atoms with E-state index in [0.29, 0.717) is 27.5 Å². The molecule has 0 radical (unpaired) electrons. The van der Waals surface area contributed by atoms with Crippen LogP contribution in [0.3, 0.4) is 0 Å². The topological polar surface area (TPSA) is 85.6 Å². The third kappa shape index (κ3) is 5.58. The number of carbonyl (C=O) groups is 1. The molecule has 5 rings (SSSR count). The molecule has 0 aliphatic carbocycles. The number of nitrogens with zero attached hydrogens (tertiary/aromatic N) is 5. The van der Waals surface area contributed by atoms with Gasteiger partial charge in [0.05, 0.1) is 11.4 Å². The normalized spacial score (nSPS) is 11.0. The first-order chi connectivity index (χ1) is 17.9. The number of benzene rings is 2. The Balaban J connectivity index is 1.38. The van der Waals surface area contributed by atoms with Crippen molar-refractivity contribution in [3.05, 3.63) is 98.7 Å². The van der Waals surface area contributed by atoms with Crippen molar-refractivity contribution < 1.29 is 4.79 Å². The van der Waals surface area contributed by atoms with E-state index >= 15 is 0 Å². The van der Waals surface area contributed by atoms with Crippen LogP contribution < -0.4 is 5.32 Å². The Morgan fingerprint density at radius 3 is 2.68 bits per heavy atom. The molecule has 1 amide bonds. The number of carbonyl (C=O) groups excluding carboxylic acids is 1. The average Bonchev–Trinajstić information content (AvgIpc) is 3.54. The predicted octanol–water partition coefficient (Wildman–Crippen LogP) is 6.91. The van der Waals surface area contributed by atoms with Crippen LogP contribution in [0.5, 0.6) is 0 Å². The minimum absolute atomic E-state index is 0.229. The maximum Gasteiger partial charge on any atom is 0.275 e. The Bertz CT molecular complexity index is 1580. The molecule has 0 aliphatic rings. The van der Waals surface area contributed by atoms with E-state index in [0.717, 1.165) is 33.1 Å². The number of thiazole rings is 1. The number of anilines is 1. The summed E-state index contributed by atoms with van der Waals surface area (Å²) in [5, 5.41) is 15.8. The fraction of sp³-hybridized carbons (Fsp3) is 0.148. The van der Waals surface area contributed by atoms with E-state index in [1.165, 1.54) is 28.7 Å². The van der Waals surface area contributed by atoms with Gasteiger partial charge >= 0.3 is 0 Å². The van der Waals surface area contributed by atoms with Crippen molar-refractivity contribution in [1.29, 1.82) is 0 Å². The molecule has 0 spiro atoms.